The monoisotopic (exact) mass is 272 g/mol. The lowest BCUT2D eigenvalue weighted by molar-refractivity contribution is 0.357. The van der Waals surface area contributed by atoms with Gasteiger partial charge in [0.2, 0.25) is 0 Å². The number of hydrogen-bond donors (Lipinski definition) is 2. The molecule has 3 nitrogen and oxygen atoms in total. The molecule has 0 saturated heterocycles. The maximum atomic E-state index is 13.2. The van der Waals surface area contributed by atoms with Crippen LogP contribution in [0.1, 0.15) is 17.2 Å². The molecule has 0 aliphatic carbocycles. The minimum atomic E-state index is -0.256. The van der Waals surface area contributed by atoms with E-state index in [1.807, 2.05) is 18.2 Å². The second-order valence-corrected chi connectivity index (χ2v) is 4.91. The van der Waals surface area contributed by atoms with Crippen LogP contribution in [-0.2, 0) is 6.42 Å². The maximum Gasteiger partial charge on any atom is 0.125 e. The largest absolute Gasteiger partial charge is 0.493 e. The van der Waals surface area contributed by atoms with E-state index in [-0.39, 0.29) is 11.9 Å². The summed E-state index contributed by atoms with van der Waals surface area (Å²) in [6.07, 6.45) is 0.931. The summed E-state index contributed by atoms with van der Waals surface area (Å²) in [4.78, 5) is 0. The Kier molecular flexibility index (Phi) is 3.56. The third kappa shape index (κ3) is 2.60. The first kappa shape index (κ1) is 12.9. The number of halogens is 1. The summed E-state index contributed by atoms with van der Waals surface area (Å²) in [6.45, 7) is 1.18. The van der Waals surface area contributed by atoms with Gasteiger partial charge in [-0.1, -0.05) is 12.1 Å². The van der Waals surface area contributed by atoms with E-state index < -0.39 is 0 Å². The van der Waals surface area contributed by atoms with Gasteiger partial charge in [0, 0.05) is 18.7 Å². The van der Waals surface area contributed by atoms with Gasteiger partial charge in [-0.05, 0) is 41.5 Å². The first-order valence-corrected chi connectivity index (χ1v) is 6.74. The van der Waals surface area contributed by atoms with Gasteiger partial charge in [-0.25, -0.2) is 4.39 Å². The van der Waals surface area contributed by atoms with Crippen molar-refractivity contribution in [1.82, 2.24) is 0 Å². The minimum Gasteiger partial charge on any atom is -0.493 e. The van der Waals surface area contributed by atoms with E-state index in [1.165, 1.54) is 17.7 Å². The van der Waals surface area contributed by atoms with E-state index >= 15 is 0 Å². The molecule has 1 unspecified atom stereocenters. The molecule has 0 spiro atoms. The predicted molar refractivity (Wildman–Crippen MR) is 77.5 cm³/mol. The molecule has 3 N–H and O–H groups in total. The number of hydrogen-bond acceptors (Lipinski definition) is 3. The Labute approximate surface area is 117 Å². The molecule has 1 heterocycles. The summed E-state index contributed by atoms with van der Waals surface area (Å²) in [5.41, 5.74) is 8.89. The smallest absolute Gasteiger partial charge is 0.125 e. The number of rotatable bonds is 4. The lowest BCUT2D eigenvalue weighted by Gasteiger charge is -2.19. The molecule has 0 saturated carbocycles. The predicted octanol–water partition coefficient (Wildman–Crippen LogP) is 2.87. The SMILES string of the molecule is NCC(Nc1cccc(F)c1)c1ccc2c(c1)CCO2. The Morgan fingerprint density at radius 1 is 1.25 bits per heavy atom. The third-order valence-electron chi connectivity index (χ3n) is 3.52. The zero-order valence-corrected chi connectivity index (χ0v) is 11.1. The van der Waals surface area contributed by atoms with Gasteiger partial charge in [-0.3, -0.25) is 0 Å². The van der Waals surface area contributed by atoms with E-state index in [2.05, 4.69) is 11.4 Å². The molecule has 0 aromatic heterocycles. The van der Waals surface area contributed by atoms with Gasteiger partial charge < -0.3 is 15.8 Å². The Hall–Kier alpha value is -2.07. The highest BCUT2D eigenvalue weighted by atomic mass is 19.1. The van der Waals surface area contributed by atoms with Crippen LogP contribution in [0, 0.1) is 5.82 Å². The average Bonchev–Trinajstić information content (AvgIpc) is 2.92. The molecule has 1 aliphatic heterocycles. The van der Waals surface area contributed by atoms with Crippen molar-refractivity contribution in [2.75, 3.05) is 18.5 Å². The minimum absolute atomic E-state index is 0.0392. The molecule has 4 heteroatoms. The molecule has 0 fully saturated rings. The molecule has 104 valence electrons. The number of ether oxygens (including phenoxy) is 1. The molecule has 3 rings (SSSR count). The van der Waals surface area contributed by atoms with Crippen LogP contribution in [0.3, 0.4) is 0 Å². The molecular formula is C16H17FN2O. The zero-order chi connectivity index (χ0) is 13.9. The number of nitrogens with two attached hydrogens (primary N) is 1. The lowest BCUT2D eigenvalue weighted by Crippen LogP contribution is -2.20. The van der Waals surface area contributed by atoms with Crippen molar-refractivity contribution < 1.29 is 9.13 Å². The standard InChI is InChI=1S/C16H17FN2O/c17-13-2-1-3-14(9-13)19-15(10-18)11-4-5-16-12(8-11)6-7-20-16/h1-5,8-9,15,19H,6-7,10,18H2. The summed E-state index contributed by atoms with van der Waals surface area (Å²) in [5.74, 6) is 0.698. The van der Waals surface area contributed by atoms with Gasteiger partial charge in [0.25, 0.3) is 0 Å². The number of anilines is 1. The van der Waals surface area contributed by atoms with Gasteiger partial charge in [0.1, 0.15) is 11.6 Å². The van der Waals surface area contributed by atoms with Crippen LogP contribution < -0.4 is 15.8 Å². The van der Waals surface area contributed by atoms with Gasteiger partial charge in [0.05, 0.1) is 12.6 Å². The third-order valence-corrected chi connectivity index (χ3v) is 3.52. The summed E-state index contributed by atoms with van der Waals surface area (Å²) in [6, 6.07) is 12.5. The Balaban J connectivity index is 1.83. The fourth-order valence-corrected chi connectivity index (χ4v) is 2.48. The summed E-state index contributed by atoms with van der Waals surface area (Å²) in [7, 11) is 0. The Morgan fingerprint density at radius 2 is 2.15 bits per heavy atom. The van der Waals surface area contributed by atoms with Crippen molar-refractivity contribution in [2.24, 2.45) is 5.73 Å². The second kappa shape index (κ2) is 5.51. The molecule has 1 atom stereocenters. The van der Waals surface area contributed by atoms with Crippen molar-refractivity contribution in [2.45, 2.75) is 12.5 Å². The van der Waals surface area contributed by atoms with E-state index in [0.29, 0.717) is 6.54 Å². The molecule has 0 amide bonds. The molecule has 2 aromatic rings. The summed E-state index contributed by atoms with van der Waals surface area (Å²) < 4.78 is 18.7. The molecule has 0 bridgehead atoms. The van der Waals surface area contributed by atoms with Crippen molar-refractivity contribution >= 4 is 5.69 Å². The maximum absolute atomic E-state index is 13.2. The highest BCUT2D eigenvalue weighted by Crippen LogP contribution is 2.29. The van der Waals surface area contributed by atoms with E-state index in [1.54, 1.807) is 6.07 Å². The highest BCUT2D eigenvalue weighted by molar-refractivity contribution is 5.48. The first-order chi connectivity index (χ1) is 9.76. The van der Waals surface area contributed by atoms with E-state index in [4.69, 9.17) is 10.5 Å². The van der Waals surface area contributed by atoms with Crippen LogP contribution in [0.4, 0.5) is 10.1 Å². The van der Waals surface area contributed by atoms with Crippen LogP contribution in [0.25, 0.3) is 0 Å². The van der Waals surface area contributed by atoms with Crippen LogP contribution in [-0.4, -0.2) is 13.2 Å². The Morgan fingerprint density at radius 3 is 2.95 bits per heavy atom. The molecular weight excluding hydrogens is 255 g/mol. The van der Waals surface area contributed by atoms with E-state index in [0.717, 1.165) is 30.0 Å². The quantitative estimate of drug-likeness (QED) is 0.899. The van der Waals surface area contributed by atoms with E-state index in [9.17, 15) is 4.39 Å². The van der Waals surface area contributed by atoms with Gasteiger partial charge in [-0.15, -0.1) is 0 Å². The topological polar surface area (TPSA) is 47.3 Å². The van der Waals surface area contributed by atoms with Crippen LogP contribution in [0.15, 0.2) is 42.5 Å². The molecule has 1 aliphatic rings. The number of benzene rings is 2. The highest BCUT2D eigenvalue weighted by Gasteiger charge is 2.16. The van der Waals surface area contributed by atoms with Gasteiger partial charge in [0.15, 0.2) is 0 Å². The first-order valence-electron chi connectivity index (χ1n) is 6.74. The fourth-order valence-electron chi connectivity index (χ4n) is 2.48. The van der Waals surface area contributed by atoms with Crippen molar-refractivity contribution in [1.29, 1.82) is 0 Å². The summed E-state index contributed by atoms with van der Waals surface area (Å²) >= 11 is 0. The molecule has 2 aromatic carbocycles. The molecule has 0 radical (unpaired) electrons. The summed E-state index contributed by atoms with van der Waals surface area (Å²) in [5, 5.41) is 3.27. The number of fused-ring (bicyclic) bond motifs is 1. The normalized spacial score (nSPS) is 14.5. The Bertz CT molecular complexity index is 615. The van der Waals surface area contributed by atoms with Crippen molar-refractivity contribution in [3.8, 4) is 5.75 Å². The van der Waals surface area contributed by atoms with Gasteiger partial charge >= 0.3 is 0 Å². The van der Waals surface area contributed by atoms with Crippen LogP contribution >= 0.6 is 0 Å². The van der Waals surface area contributed by atoms with Crippen LogP contribution in [0.2, 0.25) is 0 Å². The van der Waals surface area contributed by atoms with Crippen LogP contribution in [0.5, 0.6) is 5.75 Å². The fraction of sp³-hybridized carbons (Fsp3) is 0.250. The lowest BCUT2D eigenvalue weighted by atomic mass is 10.0. The zero-order valence-electron chi connectivity index (χ0n) is 11.1. The average molecular weight is 272 g/mol. The molecule has 20 heavy (non-hydrogen) atoms. The van der Waals surface area contributed by atoms with Crippen molar-refractivity contribution in [3.05, 3.63) is 59.4 Å². The number of nitrogens with one attached hydrogen (secondary N) is 1. The second-order valence-electron chi connectivity index (χ2n) is 4.91. The van der Waals surface area contributed by atoms with Crippen molar-refractivity contribution in [3.63, 3.8) is 0 Å². The van der Waals surface area contributed by atoms with Gasteiger partial charge in [-0.2, -0.15) is 0 Å².